The molecule has 1 aromatic carbocycles. The van der Waals surface area contributed by atoms with Crippen molar-refractivity contribution in [1.29, 1.82) is 0 Å². The van der Waals surface area contributed by atoms with Gasteiger partial charge in [0.2, 0.25) is 5.91 Å². The van der Waals surface area contributed by atoms with Gasteiger partial charge in [-0.2, -0.15) is 4.98 Å². The van der Waals surface area contributed by atoms with E-state index in [1.165, 1.54) is 0 Å². The standard InChI is InChI=1S/C23H26ClN5O2/c1-15(2)22-25-9-13-28(22)12-8-21(30)27-10-6-18(7-11-27)29-16(3)26-23(31)19-14-17(24)4-5-20(19)29/h4-6,9,13-15H,7-8,10-12H2,1-3H3. The van der Waals surface area contributed by atoms with Crippen molar-refractivity contribution in [3.63, 3.8) is 0 Å². The summed E-state index contributed by atoms with van der Waals surface area (Å²) in [5.41, 5.74) is 1.55. The molecule has 0 spiro atoms. The Morgan fingerprint density at radius 3 is 2.81 bits per heavy atom. The zero-order chi connectivity index (χ0) is 22.1. The number of hydrogen-bond acceptors (Lipinski definition) is 4. The lowest BCUT2D eigenvalue weighted by Crippen LogP contribution is -2.36. The molecule has 0 N–H and O–H groups in total. The second-order valence-corrected chi connectivity index (χ2v) is 8.57. The van der Waals surface area contributed by atoms with Crippen LogP contribution in [-0.2, 0) is 11.3 Å². The SMILES string of the molecule is Cc1nc(=O)c2cc(Cl)ccc2n1C1=CCN(C(=O)CCn2ccnc2C(C)C)CC1. The van der Waals surface area contributed by atoms with E-state index in [2.05, 4.69) is 28.4 Å². The van der Waals surface area contributed by atoms with Gasteiger partial charge in [-0.05, 0) is 31.2 Å². The molecule has 4 rings (SSSR count). The van der Waals surface area contributed by atoms with Crippen LogP contribution in [0.5, 0.6) is 0 Å². The average Bonchev–Trinajstić information content (AvgIpc) is 3.22. The first-order valence-corrected chi connectivity index (χ1v) is 10.9. The van der Waals surface area contributed by atoms with E-state index in [4.69, 9.17) is 11.6 Å². The van der Waals surface area contributed by atoms with Crippen LogP contribution in [-0.4, -0.2) is 43.0 Å². The third-order valence-corrected chi connectivity index (χ3v) is 5.91. The molecule has 0 fully saturated rings. The summed E-state index contributed by atoms with van der Waals surface area (Å²) in [5, 5.41) is 1.01. The van der Waals surface area contributed by atoms with Crippen LogP contribution in [0.3, 0.4) is 0 Å². The summed E-state index contributed by atoms with van der Waals surface area (Å²) in [4.78, 5) is 35.5. The molecule has 0 unspecified atom stereocenters. The minimum absolute atomic E-state index is 0.130. The first kappa shape index (κ1) is 21.3. The molecular weight excluding hydrogens is 414 g/mol. The fourth-order valence-electron chi connectivity index (χ4n) is 4.14. The molecule has 3 heterocycles. The molecule has 162 valence electrons. The summed E-state index contributed by atoms with van der Waals surface area (Å²) in [7, 11) is 0. The van der Waals surface area contributed by atoms with Crippen molar-refractivity contribution in [2.75, 3.05) is 13.1 Å². The zero-order valence-corrected chi connectivity index (χ0v) is 18.8. The van der Waals surface area contributed by atoms with Gasteiger partial charge >= 0.3 is 0 Å². The van der Waals surface area contributed by atoms with E-state index in [9.17, 15) is 9.59 Å². The highest BCUT2D eigenvalue weighted by molar-refractivity contribution is 6.31. The van der Waals surface area contributed by atoms with Crippen molar-refractivity contribution in [2.45, 2.75) is 46.1 Å². The molecule has 0 bridgehead atoms. The van der Waals surface area contributed by atoms with Gasteiger partial charge in [0.25, 0.3) is 5.56 Å². The molecule has 1 amide bonds. The number of carbonyl (C=O) groups is 1. The van der Waals surface area contributed by atoms with E-state index in [0.717, 1.165) is 17.0 Å². The van der Waals surface area contributed by atoms with Gasteiger partial charge in [-0.3, -0.25) is 9.59 Å². The van der Waals surface area contributed by atoms with E-state index in [-0.39, 0.29) is 11.5 Å². The van der Waals surface area contributed by atoms with Crippen LogP contribution in [0, 0.1) is 6.92 Å². The summed E-state index contributed by atoms with van der Waals surface area (Å²) in [6, 6.07) is 5.28. The van der Waals surface area contributed by atoms with Gasteiger partial charge in [0.1, 0.15) is 11.6 Å². The monoisotopic (exact) mass is 439 g/mol. The number of rotatable bonds is 5. The summed E-state index contributed by atoms with van der Waals surface area (Å²) in [6.45, 7) is 7.83. The Hall–Kier alpha value is -2.93. The molecule has 0 saturated carbocycles. The molecule has 3 aromatic rings. The number of nitrogens with zero attached hydrogens (tertiary/aromatic N) is 5. The number of hydrogen-bond donors (Lipinski definition) is 0. The van der Waals surface area contributed by atoms with Crippen LogP contribution < -0.4 is 5.56 Å². The molecule has 2 aromatic heterocycles. The van der Waals surface area contributed by atoms with Gasteiger partial charge in [-0.1, -0.05) is 25.4 Å². The van der Waals surface area contributed by atoms with Gasteiger partial charge in [-0.25, -0.2) is 4.98 Å². The third kappa shape index (κ3) is 4.28. The first-order chi connectivity index (χ1) is 14.8. The molecule has 0 saturated heterocycles. The number of halogens is 1. The number of imidazole rings is 1. The lowest BCUT2D eigenvalue weighted by atomic mass is 10.1. The van der Waals surface area contributed by atoms with Crippen LogP contribution >= 0.6 is 11.6 Å². The molecule has 0 radical (unpaired) electrons. The van der Waals surface area contributed by atoms with E-state index in [1.807, 2.05) is 34.7 Å². The van der Waals surface area contributed by atoms with Crippen molar-refractivity contribution < 1.29 is 4.79 Å². The predicted octanol–water partition coefficient (Wildman–Crippen LogP) is 3.84. The average molecular weight is 440 g/mol. The first-order valence-electron chi connectivity index (χ1n) is 10.5. The smallest absolute Gasteiger partial charge is 0.280 e. The summed E-state index contributed by atoms with van der Waals surface area (Å²) in [6.07, 6.45) is 6.90. The third-order valence-electron chi connectivity index (χ3n) is 5.67. The number of aryl methyl sites for hydroxylation is 2. The topological polar surface area (TPSA) is 73.0 Å². The van der Waals surface area contributed by atoms with E-state index < -0.39 is 0 Å². The molecule has 8 heteroatoms. The van der Waals surface area contributed by atoms with Gasteiger partial charge in [0.15, 0.2) is 0 Å². The summed E-state index contributed by atoms with van der Waals surface area (Å²) >= 11 is 6.08. The lowest BCUT2D eigenvalue weighted by molar-refractivity contribution is -0.131. The van der Waals surface area contributed by atoms with Gasteiger partial charge in [-0.15, -0.1) is 0 Å². The summed E-state index contributed by atoms with van der Waals surface area (Å²) in [5.74, 6) is 2.09. The van der Waals surface area contributed by atoms with Crippen molar-refractivity contribution in [2.24, 2.45) is 0 Å². The highest BCUT2D eigenvalue weighted by Crippen LogP contribution is 2.24. The van der Waals surface area contributed by atoms with Crippen LogP contribution in [0.15, 0.2) is 41.5 Å². The van der Waals surface area contributed by atoms with Gasteiger partial charge in [0, 0.05) is 61.5 Å². The molecule has 31 heavy (non-hydrogen) atoms. The van der Waals surface area contributed by atoms with Gasteiger partial charge < -0.3 is 14.0 Å². The van der Waals surface area contributed by atoms with E-state index in [1.54, 1.807) is 18.3 Å². The molecule has 7 nitrogen and oxygen atoms in total. The fraction of sp³-hybridized carbons (Fsp3) is 0.391. The highest BCUT2D eigenvalue weighted by Gasteiger charge is 2.20. The molecule has 1 aliphatic rings. The number of aromatic nitrogens is 4. The van der Waals surface area contributed by atoms with Crippen molar-refractivity contribution in [3.05, 3.63) is 63.7 Å². The Labute approximate surface area is 186 Å². The minimum Gasteiger partial charge on any atom is -0.338 e. The molecule has 0 aliphatic carbocycles. The quantitative estimate of drug-likeness (QED) is 0.605. The maximum absolute atomic E-state index is 12.8. The highest BCUT2D eigenvalue weighted by atomic mass is 35.5. The molecular formula is C23H26ClN5O2. The second kappa shape index (κ2) is 8.67. The van der Waals surface area contributed by atoms with Crippen molar-refractivity contribution in [1.82, 2.24) is 24.0 Å². The van der Waals surface area contributed by atoms with E-state index >= 15 is 0 Å². The maximum Gasteiger partial charge on any atom is 0.280 e. The molecule has 0 atom stereocenters. The lowest BCUT2D eigenvalue weighted by Gasteiger charge is -2.28. The maximum atomic E-state index is 12.8. The number of benzene rings is 1. The van der Waals surface area contributed by atoms with Gasteiger partial charge in [0.05, 0.1) is 10.9 Å². The largest absolute Gasteiger partial charge is 0.338 e. The van der Waals surface area contributed by atoms with Crippen LogP contribution in [0.25, 0.3) is 16.6 Å². The Bertz CT molecular complexity index is 1220. The Balaban J connectivity index is 1.50. The number of amides is 1. The van der Waals surface area contributed by atoms with Crippen molar-refractivity contribution >= 4 is 34.1 Å². The Kier molecular flexibility index (Phi) is 5.96. The predicted molar refractivity (Wildman–Crippen MR) is 122 cm³/mol. The van der Waals surface area contributed by atoms with Crippen LogP contribution in [0.1, 0.15) is 44.3 Å². The Morgan fingerprint density at radius 2 is 2.10 bits per heavy atom. The normalized spacial score (nSPS) is 14.4. The second-order valence-electron chi connectivity index (χ2n) is 8.13. The zero-order valence-electron chi connectivity index (χ0n) is 18.0. The van der Waals surface area contributed by atoms with E-state index in [0.29, 0.717) is 54.6 Å². The number of fused-ring (bicyclic) bond motifs is 1. The summed E-state index contributed by atoms with van der Waals surface area (Å²) < 4.78 is 4.05. The fourth-order valence-corrected chi connectivity index (χ4v) is 4.31. The Morgan fingerprint density at radius 1 is 1.29 bits per heavy atom. The minimum atomic E-state index is -0.278. The van der Waals surface area contributed by atoms with Crippen LogP contribution in [0.2, 0.25) is 5.02 Å². The number of carbonyl (C=O) groups excluding carboxylic acids is 1. The van der Waals surface area contributed by atoms with Crippen molar-refractivity contribution in [3.8, 4) is 0 Å². The van der Waals surface area contributed by atoms with Crippen LogP contribution in [0.4, 0.5) is 0 Å². The molecule has 1 aliphatic heterocycles.